The molecule has 3 heterocycles. The van der Waals surface area contributed by atoms with E-state index in [1.54, 1.807) is 24.1 Å². The van der Waals surface area contributed by atoms with E-state index in [-0.39, 0.29) is 17.9 Å². The van der Waals surface area contributed by atoms with Gasteiger partial charge >= 0.3 is 6.03 Å². The number of carbonyl (C=O) groups excluding carboxylic acids is 3. The lowest BCUT2D eigenvalue weighted by atomic mass is 9.93. The number of benzene rings is 2. The molecule has 2 unspecified atom stereocenters. The van der Waals surface area contributed by atoms with Gasteiger partial charge in [-0.25, -0.2) is 15.1 Å². The number of aromatic nitrogens is 1. The molecule has 0 saturated carbocycles. The van der Waals surface area contributed by atoms with Gasteiger partial charge in [0, 0.05) is 61.2 Å². The van der Waals surface area contributed by atoms with Crippen LogP contribution in [0.3, 0.4) is 0 Å². The number of imide groups is 1. The van der Waals surface area contributed by atoms with Crippen LogP contribution in [0.5, 0.6) is 5.75 Å². The summed E-state index contributed by atoms with van der Waals surface area (Å²) >= 11 is 0. The molecule has 1 saturated heterocycles. The summed E-state index contributed by atoms with van der Waals surface area (Å²) < 4.78 is 13.2. The van der Waals surface area contributed by atoms with Crippen molar-refractivity contribution in [1.82, 2.24) is 19.8 Å². The van der Waals surface area contributed by atoms with Gasteiger partial charge in [0.1, 0.15) is 5.75 Å². The maximum Gasteiger partial charge on any atom is 0.326 e. The molecule has 0 spiro atoms. The zero-order valence-electron chi connectivity index (χ0n) is 22.5. The normalized spacial score (nSPS) is 18.9. The predicted molar refractivity (Wildman–Crippen MR) is 144 cm³/mol. The lowest BCUT2D eigenvalue weighted by Crippen LogP contribution is -2.44. The molecule has 0 aliphatic carbocycles. The first-order valence-corrected chi connectivity index (χ1v) is 13.2. The number of hydrogen-bond donors (Lipinski definition) is 1. The number of urea groups is 1. The fourth-order valence-electron chi connectivity index (χ4n) is 5.45. The third kappa shape index (κ3) is 5.48. The molecule has 2 aliphatic rings. The summed E-state index contributed by atoms with van der Waals surface area (Å²) in [6, 6.07) is 13.1. The van der Waals surface area contributed by atoms with E-state index >= 15 is 0 Å². The largest absolute Gasteiger partial charge is 0.497 e. The van der Waals surface area contributed by atoms with E-state index in [9.17, 15) is 14.4 Å². The molecular weight excluding hydrogens is 500 g/mol. The first-order valence-electron chi connectivity index (χ1n) is 13.2. The van der Waals surface area contributed by atoms with Gasteiger partial charge in [-0.3, -0.25) is 14.5 Å². The molecule has 1 N–H and O–H groups in total. The Hall–Kier alpha value is -3.89. The smallest absolute Gasteiger partial charge is 0.326 e. The van der Waals surface area contributed by atoms with Crippen molar-refractivity contribution >= 4 is 29.3 Å². The van der Waals surface area contributed by atoms with Crippen molar-refractivity contribution in [2.75, 3.05) is 27.3 Å². The second-order valence-electron chi connectivity index (χ2n) is 10.2. The predicted octanol–water partition coefficient (Wildman–Crippen LogP) is 4.01. The number of hydroxylamine groups is 1. The van der Waals surface area contributed by atoms with Gasteiger partial charge in [0.2, 0.25) is 6.41 Å². The molecule has 206 valence electrons. The summed E-state index contributed by atoms with van der Waals surface area (Å²) in [6.45, 7) is 4.17. The number of ether oxygens (including phenoxy) is 2. The summed E-state index contributed by atoms with van der Waals surface area (Å²) in [5.74, 6) is 0.506. The van der Waals surface area contributed by atoms with E-state index in [0.717, 1.165) is 52.1 Å². The monoisotopic (exact) mass is 534 g/mol. The Balaban J connectivity index is 1.40. The van der Waals surface area contributed by atoms with Crippen LogP contribution in [0.4, 0.5) is 4.79 Å². The Bertz CT molecular complexity index is 1360. The number of amides is 4. The lowest BCUT2D eigenvalue weighted by molar-refractivity contribution is -0.186. The maximum atomic E-state index is 12.9. The van der Waals surface area contributed by atoms with Crippen molar-refractivity contribution in [1.29, 1.82) is 0 Å². The average Bonchev–Trinajstić information content (AvgIpc) is 3.28. The second-order valence-corrected chi connectivity index (χ2v) is 10.2. The molecule has 10 nitrogen and oxygen atoms in total. The highest BCUT2D eigenvalue weighted by Crippen LogP contribution is 2.39. The third-order valence-corrected chi connectivity index (χ3v) is 7.46. The Kier molecular flexibility index (Phi) is 7.85. The van der Waals surface area contributed by atoms with Gasteiger partial charge in [-0.05, 0) is 54.3 Å². The standard InChI is InChI=1S/C29H34N4O6/c1-19-15-32(29(36)31(2)18-34)17-25-27(19)23-14-22(37-3)11-12-24(23)33(25)16-20-7-9-21(10-8-20)28(35)30-39-26-6-4-5-13-38-26/h7-12,14,18-19,26H,4-6,13,15-17H2,1-3H3,(H,30,35). The van der Waals surface area contributed by atoms with Crippen LogP contribution in [0.1, 0.15) is 59.3 Å². The minimum Gasteiger partial charge on any atom is -0.497 e. The Morgan fingerprint density at radius 3 is 2.67 bits per heavy atom. The highest BCUT2D eigenvalue weighted by atomic mass is 16.8. The van der Waals surface area contributed by atoms with Crippen molar-refractivity contribution in [2.45, 2.75) is 51.5 Å². The molecule has 0 bridgehead atoms. The number of rotatable bonds is 7. The molecule has 0 radical (unpaired) electrons. The van der Waals surface area contributed by atoms with Crippen molar-refractivity contribution < 1.29 is 28.7 Å². The lowest BCUT2D eigenvalue weighted by Gasteiger charge is -2.33. The van der Waals surface area contributed by atoms with Crippen molar-refractivity contribution in [3.05, 3.63) is 64.8 Å². The summed E-state index contributed by atoms with van der Waals surface area (Å²) in [6.07, 6.45) is 2.90. The molecule has 2 atom stereocenters. The molecule has 2 aromatic carbocycles. The molecule has 1 aromatic heterocycles. The second kappa shape index (κ2) is 11.5. The minimum atomic E-state index is -0.408. The van der Waals surface area contributed by atoms with Gasteiger partial charge in [0.05, 0.1) is 13.7 Å². The minimum absolute atomic E-state index is 0.0628. The highest BCUT2D eigenvalue weighted by molar-refractivity contribution is 5.93. The Morgan fingerprint density at radius 2 is 1.97 bits per heavy atom. The third-order valence-electron chi connectivity index (χ3n) is 7.46. The molecule has 39 heavy (non-hydrogen) atoms. The number of fused-ring (bicyclic) bond motifs is 3. The molecule has 3 aromatic rings. The van der Waals surface area contributed by atoms with Gasteiger partial charge in [-0.1, -0.05) is 19.1 Å². The van der Waals surface area contributed by atoms with Gasteiger partial charge < -0.3 is 18.9 Å². The van der Waals surface area contributed by atoms with Crippen LogP contribution in [0.15, 0.2) is 42.5 Å². The fraction of sp³-hybridized carbons (Fsp3) is 0.414. The zero-order valence-corrected chi connectivity index (χ0v) is 22.5. The molecule has 10 heteroatoms. The number of methoxy groups -OCH3 is 1. The zero-order chi connectivity index (χ0) is 27.5. The average molecular weight is 535 g/mol. The Labute approximate surface area is 227 Å². The van der Waals surface area contributed by atoms with Gasteiger partial charge in [-0.15, -0.1) is 0 Å². The van der Waals surface area contributed by atoms with E-state index in [1.807, 2.05) is 30.3 Å². The van der Waals surface area contributed by atoms with E-state index < -0.39 is 6.29 Å². The van der Waals surface area contributed by atoms with Crippen LogP contribution in [-0.4, -0.2) is 66.3 Å². The molecule has 4 amide bonds. The SMILES string of the molecule is COc1ccc2c(c1)c1c(n2Cc2ccc(C(=O)NOC3CCCCO3)cc2)CN(C(=O)N(C)C=O)CC1C. The summed E-state index contributed by atoms with van der Waals surface area (Å²) in [5.41, 5.74) is 7.22. The number of nitrogens with zero attached hydrogens (tertiary/aromatic N) is 3. The van der Waals surface area contributed by atoms with Crippen molar-refractivity contribution in [3.63, 3.8) is 0 Å². The fourth-order valence-corrected chi connectivity index (χ4v) is 5.45. The van der Waals surface area contributed by atoms with E-state index in [2.05, 4.69) is 17.0 Å². The summed E-state index contributed by atoms with van der Waals surface area (Å²) in [4.78, 5) is 44.9. The topological polar surface area (TPSA) is 102 Å². The summed E-state index contributed by atoms with van der Waals surface area (Å²) in [7, 11) is 3.12. The van der Waals surface area contributed by atoms with Crippen LogP contribution < -0.4 is 10.2 Å². The number of hydrogen-bond acceptors (Lipinski definition) is 6. The molecule has 1 fully saturated rings. The maximum absolute atomic E-state index is 12.9. The van der Waals surface area contributed by atoms with E-state index in [0.29, 0.717) is 38.2 Å². The van der Waals surface area contributed by atoms with E-state index in [1.165, 1.54) is 12.6 Å². The van der Waals surface area contributed by atoms with Gasteiger partial charge in [0.25, 0.3) is 5.91 Å². The van der Waals surface area contributed by atoms with E-state index in [4.69, 9.17) is 14.3 Å². The number of carbonyl (C=O) groups is 3. The molecular formula is C29H34N4O6. The number of nitrogens with one attached hydrogen (secondary N) is 1. The highest BCUT2D eigenvalue weighted by Gasteiger charge is 2.32. The Morgan fingerprint density at radius 1 is 1.18 bits per heavy atom. The first kappa shape index (κ1) is 26.7. The molecule has 5 rings (SSSR count). The van der Waals surface area contributed by atoms with Crippen LogP contribution in [0.25, 0.3) is 10.9 Å². The van der Waals surface area contributed by atoms with Gasteiger partial charge in [0.15, 0.2) is 6.29 Å². The van der Waals surface area contributed by atoms with Crippen LogP contribution in [-0.2, 0) is 27.5 Å². The van der Waals surface area contributed by atoms with Crippen molar-refractivity contribution in [3.8, 4) is 5.75 Å². The van der Waals surface area contributed by atoms with Crippen LogP contribution in [0.2, 0.25) is 0 Å². The first-order chi connectivity index (χ1) is 18.9. The van der Waals surface area contributed by atoms with Crippen LogP contribution >= 0.6 is 0 Å². The van der Waals surface area contributed by atoms with Crippen LogP contribution in [0, 0.1) is 0 Å². The van der Waals surface area contributed by atoms with Crippen molar-refractivity contribution in [2.24, 2.45) is 0 Å². The van der Waals surface area contributed by atoms with Gasteiger partial charge in [-0.2, -0.15) is 0 Å². The summed E-state index contributed by atoms with van der Waals surface area (Å²) in [5, 5.41) is 1.09. The molecule has 2 aliphatic heterocycles. The quantitative estimate of drug-likeness (QED) is 0.363.